The molecule has 0 saturated heterocycles. The summed E-state index contributed by atoms with van der Waals surface area (Å²) in [5.74, 6) is -3.91. The molecule has 1 fully saturated rings. The van der Waals surface area contributed by atoms with E-state index in [9.17, 15) is 9.59 Å². The van der Waals surface area contributed by atoms with E-state index in [0.717, 1.165) is 32.2 Å². The highest BCUT2D eigenvalue weighted by atomic mass is 32.1. The number of thiophene rings is 1. The molecule has 0 aliphatic heterocycles. The third kappa shape index (κ3) is 10.3. The lowest BCUT2D eigenvalue weighted by Gasteiger charge is -2.23. The molecule has 0 unspecified atom stereocenters. The van der Waals surface area contributed by atoms with Crippen molar-refractivity contribution in [3.8, 4) is 0 Å². The van der Waals surface area contributed by atoms with E-state index in [4.69, 9.17) is 19.8 Å². The number of carboxylic acid groups (broad SMARTS) is 2. The molecular weight excluding hydrogens is 374 g/mol. The zero-order chi connectivity index (χ0) is 20.2. The topological polar surface area (TPSA) is 136 Å². The summed E-state index contributed by atoms with van der Waals surface area (Å²) in [5, 5.41) is 22.1. The number of amides is 3. The Hall–Kier alpha value is -2.46. The third-order valence-corrected chi connectivity index (χ3v) is 4.66. The Morgan fingerprint density at radius 1 is 1.15 bits per heavy atom. The molecule has 10 heteroatoms. The standard InChI is InChI=1S/C15H23N3O2S.C2H2O4/c1-18(10-13-8-5-9-21-13)11-14(19)17-15(20)16-12-6-3-2-4-7-12;3-1(4)2(5)6/h5,8-9,12H,2-4,6-7,10-11H2,1H3,(H2,16,17,19,20);(H,3,4)(H,5,6). The van der Waals surface area contributed by atoms with Gasteiger partial charge in [0.1, 0.15) is 0 Å². The first-order chi connectivity index (χ1) is 12.8. The monoisotopic (exact) mass is 399 g/mol. The summed E-state index contributed by atoms with van der Waals surface area (Å²) in [7, 11) is 1.87. The Kier molecular flexibility index (Phi) is 10.1. The number of urea groups is 1. The second kappa shape index (κ2) is 12.0. The number of aliphatic carboxylic acids is 2. The van der Waals surface area contributed by atoms with E-state index >= 15 is 0 Å². The average molecular weight is 399 g/mol. The number of likely N-dealkylation sites (N-methyl/N-ethyl adjacent to an activating group) is 1. The zero-order valence-electron chi connectivity index (χ0n) is 15.1. The summed E-state index contributed by atoms with van der Waals surface area (Å²) in [5.41, 5.74) is 0. The van der Waals surface area contributed by atoms with Gasteiger partial charge in [0.25, 0.3) is 0 Å². The second-order valence-electron chi connectivity index (χ2n) is 6.22. The number of nitrogens with zero attached hydrogens (tertiary/aromatic N) is 1. The summed E-state index contributed by atoms with van der Waals surface area (Å²) in [4.78, 5) is 44.9. The number of imide groups is 1. The van der Waals surface area contributed by atoms with Crippen LogP contribution in [0.3, 0.4) is 0 Å². The van der Waals surface area contributed by atoms with Crippen LogP contribution in [0.5, 0.6) is 0 Å². The average Bonchev–Trinajstić information content (AvgIpc) is 3.08. The fraction of sp³-hybridized carbons (Fsp3) is 0.529. The molecule has 9 nitrogen and oxygen atoms in total. The Bertz CT molecular complexity index is 617. The summed E-state index contributed by atoms with van der Waals surface area (Å²) in [6.07, 6.45) is 5.58. The Morgan fingerprint density at radius 3 is 2.30 bits per heavy atom. The van der Waals surface area contributed by atoms with Crippen LogP contribution in [0.1, 0.15) is 37.0 Å². The molecule has 1 saturated carbocycles. The molecule has 0 aromatic carbocycles. The van der Waals surface area contributed by atoms with Gasteiger partial charge in [-0.15, -0.1) is 11.3 Å². The summed E-state index contributed by atoms with van der Waals surface area (Å²) in [6, 6.07) is 3.88. The van der Waals surface area contributed by atoms with Crippen molar-refractivity contribution >= 4 is 35.2 Å². The van der Waals surface area contributed by atoms with E-state index < -0.39 is 11.9 Å². The molecule has 2 rings (SSSR count). The van der Waals surface area contributed by atoms with E-state index in [1.807, 2.05) is 29.5 Å². The maximum Gasteiger partial charge on any atom is 0.414 e. The van der Waals surface area contributed by atoms with Crippen LogP contribution in [-0.2, 0) is 20.9 Å². The quantitative estimate of drug-likeness (QED) is 0.551. The van der Waals surface area contributed by atoms with Crippen molar-refractivity contribution < 1.29 is 29.4 Å². The van der Waals surface area contributed by atoms with E-state index in [1.54, 1.807) is 11.3 Å². The van der Waals surface area contributed by atoms with Crippen molar-refractivity contribution in [2.75, 3.05) is 13.6 Å². The molecule has 1 aliphatic rings. The second-order valence-corrected chi connectivity index (χ2v) is 7.25. The number of rotatable bonds is 5. The largest absolute Gasteiger partial charge is 0.473 e. The van der Waals surface area contributed by atoms with Gasteiger partial charge in [-0.1, -0.05) is 25.3 Å². The molecule has 0 bridgehead atoms. The lowest BCUT2D eigenvalue weighted by molar-refractivity contribution is -0.159. The highest BCUT2D eigenvalue weighted by Crippen LogP contribution is 2.17. The Morgan fingerprint density at radius 2 is 1.78 bits per heavy atom. The summed E-state index contributed by atoms with van der Waals surface area (Å²) in [6.45, 7) is 0.936. The van der Waals surface area contributed by atoms with E-state index in [1.165, 1.54) is 11.3 Å². The third-order valence-electron chi connectivity index (χ3n) is 3.80. The molecule has 3 amide bonds. The smallest absolute Gasteiger partial charge is 0.414 e. The van der Waals surface area contributed by atoms with Crippen molar-refractivity contribution in [2.24, 2.45) is 0 Å². The van der Waals surface area contributed by atoms with Gasteiger partial charge in [0.05, 0.1) is 6.54 Å². The SMILES string of the molecule is CN(CC(=O)NC(=O)NC1CCCCC1)Cc1cccs1.O=C(O)C(=O)O. The van der Waals surface area contributed by atoms with Gasteiger partial charge in [-0.05, 0) is 31.3 Å². The molecule has 0 atom stereocenters. The first-order valence-electron chi connectivity index (χ1n) is 8.55. The van der Waals surface area contributed by atoms with Gasteiger partial charge in [0, 0.05) is 17.5 Å². The van der Waals surface area contributed by atoms with Gasteiger partial charge >= 0.3 is 18.0 Å². The van der Waals surface area contributed by atoms with Gasteiger partial charge < -0.3 is 15.5 Å². The van der Waals surface area contributed by atoms with Crippen molar-refractivity contribution in [1.82, 2.24) is 15.5 Å². The van der Waals surface area contributed by atoms with Gasteiger partial charge in [0.15, 0.2) is 0 Å². The van der Waals surface area contributed by atoms with E-state index in [-0.39, 0.29) is 24.5 Å². The first kappa shape index (κ1) is 22.6. The highest BCUT2D eigenvalue weighted by molar-refractivity contribution is 7.09. The van der Waals surface area contributed by atoms with Crippen LogP contribution >= 0.6 is 11.3 Å². The molecule has 0 spiro atoms. The lowest BCUT2D eigenvalue weighted by atomic mass is 9.96. The van der Waals surface area contributed by atoms with Crippen molar-refractivity contribution in [1.29, 1.82) is 0 Å². The number of carbonyl (C=O) groups excluding carboxylic acids is 2. The number of carboxylic acids is 2. The summed E-state index contributed by atoms with van der Waals surface area (Å²) >= 11 is 1.66. The number of hydrogen-bond acceptors (Lipinski definition) is 6. The molecule has 150 valence electrons. The normalized spacial score (nSPS) is 14.0. The number of hydrogen-bond donors (Lipinski definition) is 4. The lowest BCUT2D eigenvalue weighted by Crippen LogP contribution is -2.47. The van der Waals surface area contributed by atoms with Crippen LogP contribution in [0, 0.1) is 0 Å². The molecular formula is C17H25N3O6S. The van der Waals surface area contributed by atoms with Crippen LogP contribution in [-0.4, -0.2) is 58.6 Å². The van der Waals surface area contributed by atoms with Gasteiger partial charge in [-0.3, -0.25) is 15.0 Å². The predicted molar refractivity (Wildman–Crippen MR) is 99.5 cm³/mol. The maximum atomic E-state index is 11.8. The summed E-state index contributed by atoms with van der Waals surface area (Å²) < 4.78 is 0. The molecule has 1 heterocycles. The molecule has 4 N–H and O–H groups in total. The van der Waals surface area contributed by atoms with Gasteiger partial charge in [-0.2, -0.15) is 0 Å². The fourth-order valence-corrected chi connectivity index (χ4v) is 3.39. The molecule has 0 radical (unpaired) electrons. The Balaban J connectivity index is 0.000000527. The predicted octanol–water partition coefficient (Wildman–Crippen LogP) is 1.49. The minimum Gasteiger partial charge on any atom is -0.473 e. The fourth-order valence-electron chi connectivity index (χ4n) is 2.60. The maximum absolute atomic E-state index is 11.8. The molecule has 1 aromatic rings. The van der Waals surface area contributed by atoms with Gasteiger partial charge in [0.2, 0.25) is 5.91 Å². The molecule has 1 aliphatic carbocycles. The van der Waals surface area contributed by atoms with Crippen LogP contribution in [0.4, 0.5) is 4.79 Å². The van der Waals surface area contributed by atoms with Crippen LogP contribution < -0.4 is 10.6 Å². The van der Waals surface area contributed by atoms with Gasteiger partial charge in [-0.25, -0.2) is 14.4 Å². The molecule has 27 heavy (non-hydrogen) atoms. The van der Waals surface area contributed by atoms with E-state index in [2.05, 4.69) is 10.6 Å². The minimum atomic E-state index is -1.82. The van der Waals surface area contributed by atoms with Crippen molar-refractivity contribution in [2.45, 2.75) is 44.7 Å². The molecule has 1 aromatic heterocycles. The highest BCUT2D eigenvalue weighted by Gasteiger charge is 2.17. The Labute approximate surface area is 161 Å². The van der Waals surface area contributed by atoms with E-state index in [0.29, 0.717) is 0 Å². The van der Waals surface area contributed by atoms with Crippen LogP contribution in [0.15, 0.2) is 17.5 Å². The first-order valence-corrected chi connectivity index (χ1v) is 9.43. The zero-order valence-corrected chi connectivity index (χ0v) is 16.0. The van der Waals surface area contributed by atoms with Crippen LogP contribution in [0.2, 0.25) is 0 Å². The number of nitrogens with one attached hydrogen (secondary N) is 2. The van der Waals surface area contributed by atoms with Crippen molar-refractivity contribution in [3.63, 3.8) is 0 Å². The van der Waals surface area contributed by atoms with Crippen LogP contribution in [0.25, 0.3) is 0 Å². The van der Waals surface area contributed by atoms with Crippen molar-refractivity contribution in [3.05, 3.63) is 22.4 Å². The number of carbonyl (C=O) groups is 4. The minimum absolute atomic E-state index is 0.218.